The first-order valence-electron chi connectivity index (χ1n) is 5.59. The maximum absolute atomic E-state index is 11.7. The molecule has 0 aliphatic rings. The van der Waals surface area contributed by atoms with Crippen molar-refractivity contribution < 1.29 is 9.53 Å². The molecule has 86 valence electrons. The third-order valence-corrected chi connectivity index (χ3v) is 2.25. The summed E-state index contributed by atoms with van der Waals surface area (Å²) in [5.74, 6) is -0.0550. The summed E-state index contributed by atoms with van der Waals surface area (Å²) in [6.45, 7) is 6.22. The zero-order chi connectivity index (χ0) is 12.0. The predicted molar refractivity (Wildman–Crippen MR) is 65.9 cm³/mol. The van der Waals surface area contributed by atoms with Gasteiger partial charge in [-0.1, -0.05) is 44.2 Å². The molecule has 0 bridgehead atoms. The standard InChI is InChI=1S/C14H18O2/c1-4-16-14(15)13(11(2)3)10-12-8-6-5-7-9-12/h5-11H,4H2,1-3H3. The molecule has 2 heteroatoms. The summed E-state index contributed by atoms with van der Waals surface area (Å²) in [6.07, 6.45) is 1.89. The molecule has 0 radical (unpaired) electrons. The van der Waals surface area contributed by atoms with Crippen molar-refractivity contribution in [3.05, 3.63) is 41.5 Å². The highest BCUT2D eigenvalue weighted by Crippen LogP contribution is 2.16. The molecule has 0 N–H and O–H groups in total. The van der Waals surface area contributed by atoms with Crippen molar-refractivity contribution in [2.45, 2.75) is 20.8 Å². The van der Waals surface area contributed by atoms with Crippen LogP contribution < -0.4 is 0 Å². The van der Waals surface area contributed by atoms with Gasteiger partial charge in [-0.05, 0) is 24.5 Å². The van der Waals surface area contributed by atoms with Gasteiger partial charge in [-0.3, -0.25) is 0 Å². The molecular weight excluding hydrogens is 200 g/mol. The molecule has 0 saturated heterocycles. The third kappa shape index (κ3) is 3.54. The summed E-state index contributed by atoms with van der Waals surface area (Å²) < 4.78 is 5.03. The Labute approximate surface area is 96.9 Å². The monoisotopic (exact) mass is 218 g/mol. The molecule has 0 amide bonds. The highest BCUT2D eigenvalue weighted by atomic mass is 16.5. The lowest BCUT2D eigenvalue weighted by Crippen LogP contribution is -2.12. The van der Waals surface area contributed by atoms with Crippen LogP contribution in [0.3, 0.4) is 0 Å². The molecule has 1 rings (SSSR count). The molecule has 1 aromatic rings. The second-order valence-corrected chi connectivity index (χ2v) is 3.89. The Bertz CT molecular complexity index is 364. The van der Waals surface area contributed by atoms with E-state index in [2.05, 4.69) is 0 Å². The fraction of sp³-hybridized carbons (Fsp3) is 0.357. The SMILES string of the molecule is CCOC(=O)C(=Cc1ccccc1)C(C)C. The van der Waals surface area contributed by atoms with Crippen LogP contribution in [0, 0.1) is 5.92 Å². The van der Waals surface area contributed by atoms with Crippen LogP contribution in [0.2, 0.25) is 0 Å². The molecule has 2 nitrogen and oxygen atoms in total. The molecule has 0 heterocycles. The summed E-state index contributed by atoms with van der Waals surface area (Å²) in [4.78, 5) is 11.7. The number of esters is 1. The third-order valence-electron chi connectivity index (χ3n) is 2.25. The van der Waals surface area contributed by atoms with Crippen molar-refractivity contribution >= 4 is 12.0 Å². The molecule has 0 unspecified atom stereocenters. The van der Waals surface area contributed by atoms with Gasteiger partial charge in [-0.25, -0.2) is 4.79 Å². The Balaban J connectivity index is 2.94. The van der Waals surface area contributed by atoms with Gasteiger partial charge in [0.1, 0.15) is 0 Å². The van der Waals surface area contributed by atoms with Crippen LogP contribution in [0.5, 0.6) is 0 Å². The van der Waals surface area contributed by atoms with Crippen LogP contribution in [0.4, 0.5) is 0 Å². The maximum Gasteiger partial charge on any atom is 0.334 e. The number of rotatable bonds is 4. The minimum atomic E-state index is -0.221. The number of hydrogen-bond acceptors (Lipinski definition) is 2. The maximum atomic E-state index is 11.7. The fourth-order valence-electron chi connectivity index (χ4n) is 1.40. The number of carbonyl (C=O) groups excluding carboxylic acids is 1. The van der Waals surface area contributed by atoms with Crippen LogP contribution in [-0.4, -0.2) is 12.6 Å². The van der Waals surface area contributed by atoms with E-state index in [9.17, 15) is 4.79 Å². The van der Waals surface area contributed by atoms with Gasteiger partial charge in [0.15, 0.2) is 0 Å². The summed E-state index contributed by atoms with van der Waals surface area (Å²) in [7, 11) is 0. The molecule has 0 atom stereocenters. The first-order valence-corrected chi connectivity index (χ1v) is 5.59. The van der Waals surface area contributed by atoms with E-state index in [0.717, 1.165) is 5.56 Å². The van der Waals surface area contributed by atoms with Gasteiger partial charge in [0.05, 0.1) is 6.61 Å². The normalized spacial score (nSPS) is 11.6. The Kier molecular flexibility index (Phi) is 4.77. The van der Waals surface area contributed by atoms with E-state index in [1.807, 2.05) is 57.2 Å². The highest BCUT2D eigenvalue weighted by Gasteiger charge is 2.14. The molecule has 0 aliphatic heterocycles. The van der Waals surface area contributed by atoms with Gasteiger partial charge >= 0.3 is 5.97 Å². The van der Waals surface area contributed by atoms with E-state index in [-0.39, 0.29) is 11.9 Å². The van der Waals surface area contributed by atoms with E-state index in [4.69, 9.17) is 4.74 Å². The number of carbonyl (C=O) groups is 1. The van der Waals surface area contributed by atoms with Gasteiger partial charge < -0.3 is 4.74 Å². The number of ether oxygens (including phenoxy) is 1. The van der Waals surface area contributed by atoms with E-state index >= 15 is 0 Å². The number of benzene rings is 1. The molecule has 16 heavy (non-hydrogen) atoms. The molecule has 1 aromatic carbocycles. The lowest BCUT2D eigenvalue weighted by molar-refractivity contribution is -0.138. The van der Waals surface area contributed by atoms with Gasteiger partial charge in [0, 0.05) is 5.57 Å². The van der Waals surface area contributed by atoms with Gasteiger partial charge in [-0.15, -0.1) is 0 Å². The zero-order valence-corrected chi connectivity index (χ0v) is 10.1. The van der Waals surface area contributed by atoms with Gasteiger partial charge in [-0.2, -0.15) is 0 Å². The number of hydrogen-bond donors (Lipinski definition) is 0. The smallest absolute Gasteiger partial charge is 0.334 e. The van der Waals surface area contributed by atoms with Crippen molar-refractivity contribution in [1.82, 2.24) is 0 Å². The average molecular weight is 218 g/mol. The molecule has 0 fully saturated rings. The molecule has 0 spiro atoms. The lowest BCUT2D eigenvalue weighted by Gasteiger charge is -2.10. The van der Waals surface area contributed by atoms with Crippen LogP contribution >= 0.6 is 0 Å². The summed E-state index contributed by atoms with van der Waals surface area (Å²) >= 11 is 0. The van der Waals surface area contributed by atoms with E-state index in [0.29, 0.717) is 12.2 Å². The Morgan fingerprint density at radius 1 is 1.31 bits per heavy atom. The second kappa shape index (κ2) is 6.11. The van der Waals surface area contributed by atoms with Gasteiger partial charge in [0.2, 0.25) is 0 Å². The van der Waals surface area contributed by atoms with E-state index in [1.54, 1.807) is 0 Å². The van der Waals surface area contributed by atoms with E-state index in [1.165, 1.54) is 0 Å². The second-order valence-electron chi connectivity index (χ2n) is 3.89. The van der Waals surface area contributed by atoms with Gasteiger partial charge in [0.25, 0.3) is 0 Å². The van der Waals surface area contributed by atoms with Crippen molar-refractivity contribution in [1.29, 1.82) is 0 Å². The minimum absolute atomic E-state index is 0.166. The van der Waals surface area contributed by atoms with Crippen LogP contribution in [0.1, 0.15) is 26.3 Å². The molecule has 0 aliphatic carbocycles. The predicted octanol–water partition coefficient (Wildman–Crippen LogP) is 3.29. The Morgan fingerprint density at radius 3 is 2.44 bits per heavy atom. The van der Waals surface area contributed by atoms with Crippen molar-refractivity contribution in [2.24, 2.45) is 5.92 Å². The molecule has 0 saturated carbocycles. The summed E-state index contributed by atoms with van der Waals surface area (Å²) in [5.41, 5.74) is 1.74. The average Bonchev–Trinajstić information content (AvgIpc) is 2.27. The van der Waals surface area contributed by atoms with E-state index < -0.39 is 0 Å². The Morgan fingerprint density at radius 2 is 1.94 bits per heavy atom. The molecular formula is C14H18O2. The summed E-state index contributed by atoms with van der Waals surface area (Å²) in [5, 5.41) is 0. The first-order chi connectivity index (χ1) is 7.65. The highest BCUT2D eigenvalue weighted by molar-refractivity contribution is 5.94. The Hall–Kier alpha value is -1.57. The van der Waals surface area contributed by atoms with Crippen LogP contribution in [0.15, 0.2) is 35.9 Å². The molecule has 0 aromatic heterocycles. The van der Waals surface area contributed by atoms with Crippen molar-refractivity contribution in [3.8, 4) is 0 Å². The zero-order valence-electron chi connectivity index (χ0n) is 10.1. The van der Waals surface area contributed by atoms with Crippen molar-refractivity contribution in [2.75, 3.05) is 6.61 Å². The van der Waals surface area contributed by atoms with Crippen LogP contribution in [0.25, 0.3) is 6.08 Å². The largest absolute Gasteiger partial charge is 0.463 e. The topological polar surface area (TPSA) is 26.3 Å². The minimum Gasteiger partial charge on any atom is -0.463 e. The fourth-order valence-corrected chi connectivity index (χ4v) is 1.40. The van der Waals surface area contributed by atoms with Crippen LogP contribution in [-0.2, 0) is 9.53 Å². The quantitative estimate of drug-likeness (QED) is 0.572. The van der Waals surface area contributed by atoms with Crippen molar-refractivity contribution in [3.63, 3.8) is 0 Å². The lowest BCUT2D eigenvalue weighted by atomic mass is 10.0. The summed E-state index contributed by atoms with van der Waals surface area (Å²) in [6, 6.07) is 9.81. The first kappa shape index (κ1) is 12.5.